The van der Waals surface area contributed by atoms with E-state index in [1.807, 2.05) is 60.7 Å². The SMILES string of the molecule is O=C(CSc1nncn1-c1ccccc1F)NC(Cc1ccccc1)c1ccccc1. The average Bonchev–Trinajstić information content (AvgIpc) is 3.27. The van der Waals surface area contributed by atoms with Crippen LogP contribution in [0.1, 0.15) is 17.2 Å². The molecule has 1 heterocycles. The molecule has 7 heteroatoms. The lowest BCUT2D eigenvalue weighted by Gasteiger charge is -2.19. The molecule has 0 aliphatic rings. The lowest BCUT2D eigenvalue weighted by atomic mass is 9.99. The van der Waals surface area contributed by atoms with Gasteiger partial charge in [0.25, 0.3) is 0 Å². The Kier molecular flexibility index (Phi) is 6.74. The molecule has 0 aliphatic heterocycles. The van der Waals surface area contributed by atoms with Crippen molar-refractivity contribution in [3.05, 3.63) is 108 Å². The van der Waals surface area contributed by atoms with E-state index in [9.17, 15) is 9.18 Å². The minimum absolute atomic E-state index is 0.127. The second kappa shape index (κ2) is 10.0. The molecule has 0 spiro atoms. The number of hydrogen-bond acceptors (Lipinski definition) is 4. The summed E-state index contributed by atoms with van der Waals surface area (Å²) in [6.45, 7) is 0. The van der Waals surface area contributed by atoms with Crippen molar-refractivity contribution in [1.82, 2.24) is 20.1 Å². The molecule has 4 rings (SSSR count). The summed E-state index contributed by atoms with van der Waals surface area (Å²) in [4.78, 5) is 12.8. The molecule has 156 valence electrons. The van der Waals surface area contributed by atoms with E-state index in [-0.39, 0.29) is 23.5 Å². The number of thioether (sulfide) groups is 1. The monoisotopic (exact) mass is 432 g/mol. The Labute approximate surface area is 184 Å². The molecule has 5 nitrogen and oxygen atoms in total. The molecular weight excluding hydrogens is 411 g/mol. The van der Waals surface area contributed by atoms with Gasteiger partial charge < -0.3 is 5.32 Å². The molecule has 0 saturated heterocycles. The Hall–Kier alpha value is -3.45. The van der Waals surface area contributed by atoms with Gasteiger partial charge in [0.1, 0.15) is 12.1 Å². The molecule has 1 unspecified atom stereocenters. The highest BCUT2D eigenvalue weighted by Gasteiger charge is 2.17. The standard InChI is InChI=1S/C24H21FN4OS/c25-20-13-7-8-14-22(20)29-17-26-28-24(29)31-16-23(30)27-21(19-11-5-2-6-12-19)15-18-9-3-1-4-10-18/h1-14,17,21H,15-16H2,(H,27,30). The molecule has 0 radical (unpaired) electrons. The Morgan fingerprint density at radius 1 is 0.968 bits per heavy atom. The van der Waals surface area contributed by atoms with Gasteiger partial charge in [0.05, 0.1) is 17.5 Å². The van der Waals surface area contributed by atoms with Gasteiger partial charge in [-0.1, -0.05) is 84.6 Å². The topological polar surface area (TPSA) is 59.8 Å². The van der Waals surface area contributed by atoms with Crippen molar-refractivity contribution >= 4 is 17.7 Å². The van der Waals surface area contributed by atoms with Gasteiger partial charge in [0, 0.05) is 0 Å². The minimum atomic E-state index is -0.374. The molecular formula is C24H21FN4OS. The summed E-state index contributed by atoms with van der Waals surface area (Å²) < 4.78 is 15.7. The zero-order valence-corrected chi connectivity index (χ0v) is 17.5. The van der Waals surface area contributed by atoms with E-state index in [0.29, 0.717) is 17.3 Å². The maximum Gasteiger partial charge on any atom is 0.230 e. The van der Waals surface area contributed by atoms with E-state index in [1.165, 1.54) is 24.2 Å². The number of nitrogens with zero attached hydrogens (tertiary/aromatic N) is 3. The van der Waals surface area contributed by atoms with Gasteiger partial charge in [-0.25, -0.2) is 4.39 Å². The van der Waals surface area contributed by atoms with Gasteiger partial charge in [0.2, 0.25) is 5.91 Å². The van der Waals surface area contributed by atoms with Crippen molar-refractivity contribution < 1.29 is 9.18 Å². The summed E-state index contributed by atoms with van der Waals surface area (Å²) in [6, 6.07) is 26.2. The number of carbonyl (C=O) groups excluding carboxylic acids is 1. The van der Waals surface area contributed by atoms with Gasteiger partial charge in [0.15, 0.2) is 5.16 Å². The molecule has 31 heavy (non-hydrogen) atoms. The van der Waals surface area contributed by atoms with Crippen LogP contribution in [-0.4, -0.2) is 26.4 Å². The maximum absolute atomic E-state index is 14.1. The van der Waals surface area contributed by atoms with Crippen LogP contribution in [0.2, 0.25) is 0 Å². The highest BCUT2D eigenvalue weighted by atomic mass is 32.2. The number of rotatable bonds is 8. The van der Waals surface area contributed by atoms with E-state index < -0.39 is 0 Å². The second-order valence-electron chi connectivity index (χ2n) is 6.94. The third-order valence-corrected chi connectivity index (χ3v) is 5.72. The summed E-state index contributed by atoms with van der Waals surface area (Å²) in [6.07, 6.45) is 2.13. The summed E-state index contributed by atoms with van der Waals surface area (Å²) >= 11 is 1.22. The van der Waals surface area contributed by atoms with Gasteiger partial charge in [-0.2, -0.15) is 0 Å². The fraction of sp³-hybridized carbons (Fsp3) is 0.125. The number of carbonyl (C=O) groups is 1. The number of para-hydroxylation sites is 1. The fourth-order valence-electron chi connectivity index (χ4n) is 3.29. The third-order valence-electron chi connectivity index (χ3n) is 4.78. The van der Waals surface area contributed by atoms with Gasteiger partial charge in [-0.3, -0.25) is 9.36 Å². The summed E-state index contributed by atoms with van der Waals surface area (Å²) in [5.41, 5.74) is 2.53. The van der Waals surface area contributed by atoms with Crippen molar-refractivity contribution in [3.8, 4) is 5.69 Å². The first-order valence-electron chi connectivity index (χ1n) is 9.86. The highest BCUT2D eigenvalue weighted by Crippen LogP contribution is 2.22. The van der Waals surface area contributed by atoms with E-state index in [1.54, 1.807) is 22.8 Å². The zero-order chi connectivity index (χ0) is 21.5. The van der Waals surface area contributed by atoms with Crippen LogP contribution in [-0.2, 0) is 11.2 Å². The lowest BCUT2D eigenvalue weighted by molar-refractivity contribution is -0.119. The highest BCUT2D eigenvalue weighted by molar-refractivity contribution is 7.99. The van der Waals surface area contributed by atoms with Crippen LogP contribution in [0.15, 0.2) is 96.4 Å². The van der Waals surface area contributed by atoms with Crippen LogP contribution < -0.4 is 5.32 Å². The van der Waals surface area contributed by atoms with Crippen LogP contribution in [0.25, 0.3) is 5.69 Å². The Balaban J connectivity index is 1.44. The van der Waals surface area contributed by atoms with Crippen molar-refractivity contribution in [2.45, 2.75) is 17.6 Å². The van der Waals surface area contributed by atoms with E-state index >= 15 is 0 Å². The first-order chi connectivity index (χ1) is 15.2. The first-order valence-corrected chi connectivity index (χ1v) is 10.9. The smallest absolute Gasteiger partial charge is 0.230 e. The predicted octanol–water partition coefficient (Wildman–Crippen LogP) is 4.60. The zero-order valence-electron chi connectivity index (χ0n) is 16.7. The molecule has 3 aromatic carbocycles. The molecule has 4 aromatic rings. The van der Waals surface area contributed by atoms with Gasteiger partial charge in [-0.15, -0.1) is 10.2 Å². The van der Waals surface area contributed by atoms with Crippen molar-refractivity contribution in [2.24, 2.45) is 0 Å². The second-order valence-corrected chi connectivity index (χ2v) is 7.89. The molecule has 0 fully saturated rings. The number of halogens is 1. The van der Waals surface area contributed by atoms with Crippen LogP contribution >= 0.6 is 11.8 Å². The van der Waals surface area contributed by atoms with Crippen LogP contribution in [0.5, 0.6) is 0 Å². The molecule has 1 atom stereocenters. The molecule has 1 aromatic heterocycles. The third kappa shape index (κ3) is 5.38. The van der Waals surface area contributed by atoms with Gasteiger partial charge >= 0.3 is 0 Å². The molecule has 0 saturated carbocycles. The average molecular weight is 433 g/mol. The number of amides is 1. The summed E-state index contributed by atoms with van der Waals surface area (Å²) in [5, 5.41) is 11.5. The maximum atomic E-state index is 14.1. The Bertz CT molecular complexity index is 1130. The number of nitrogens with one attached hydrogen (secondary N) is 1. The number of hydrogen-bond donors (Lipinski definition) is 1. The van der Waals surface area contributed by atoms with E-state index in [2.05, 4.69) is 15.5 Å². The number of aromatic nitrogens is 3. The summed E-state index contributed by atoms with van der Waals surface area (Å²) in [5.74, 6) is -0.357. The number of benzene rings is 3. The Morgan fingerprint density at radius 3 is 2.39 bits per heavy atom. The summed E-state index contributed by atoms with van der Waals surface area (Å²) in [7, 11) is 0. The Morgan fingerprint density at radius 2 is 1.65 bits per heavy atom. The van der Waals surface area contributed by atoms with Crippen molar-refractivity contribution in [3.63, 3.8) is 0 Å². The largest absolute Gasteiger partial charge is 0.348 e. The van der Waals surface area contributed by atoms with E-state index in [4.69, 9.17) is 0 Å². The van der Waals surface area contributed by atoms with Gasteiger partial charge in [-0.05, 0) is 29.7 Å². The van der Waals surface area contributed by atoms with Crippen LogP contribution in [0.3, 0.4) is 0 Å². The fourth-order valence-corrected chi connectivity index (χ4v) is 4.02. The lowest BCUT2D eigenvalue weighted by Crippen LogP contribution is -2.31. The van der Waals surface area contributed by atoms with Crippen molar-refractivity contribution in [1.29, 1.82) is 0 Å². The minimum Gasteiger partial charge on any atom is -0.348 e. The quantitative estimate of drug-likeness (QED) is 0.414. The van der Waals surface area contributed by atoms with Crippen LogP contribution in [0, 0.1) is 5.82 Å². The van der Waals surface area contributed by atoms with Crippen LogP contribution in [0.4, 0.5) is 4.39 Å². The van der Waals surface area contributed by atoms with Crippen molar-refractivity contribution in [2.75, 3.05) is 5.75 Å². The first kappa shape index (κ1) is 20.8. The molecule has 0 bridgehead atoms. The molecule has 0 aliphatic carbocycles. The molecule has 1 N–H and O–H groups in total. The van der Waals surface area contributed by atoms with E-state index in [0.717, 1.165) is 11.1 Å². The predicted molar refractivity (Wildman–Crippen MR) is 120 cm³/mol. The normalized spacial score (nSPS) is 11.8. The molecule has 1 amide bonds.